The molecule has 0 aromatic heterocycles. The minimum absolute atomic E-state index is 0.00144. The van der Waals surface area contributed by atoms with Crippen molar-refractivity contribution in [1.82, 2.24) is 5.01 Å². The van der Waals surface area contributed by atoms with E-state index >= 15 is 0 Å². The number of fused-ring (bicyclic) bond motifs is 1. The van der Waals surface area contributed by atoms with E-state index in [1.165, 1.54) is 22.3 Å². The van der Waals surface area contributed by atoms with E-state index in [1.54, 1.807) is 6.08 Å². The molecule has 8 heteroatoms. The number of hydrazone groups is 1. The van der Waals surface area contributed by atoms with Gasteiger partial charge in [0.25, 0.3) is 5.91 Å². The topological polar surface area (TPSA) is 87.3 Å². The number of hydrogen-bond acceptors (Lipinski definition) is 6. The van der Waals surface area contributed by atoms with Gasteiger partial charge < -0.3 is 9.47 Å². The summed E-state index contributed by atoms with van der Waals surface area (Å²) >= 11 is 1.29. The Bertz CT molecular complexity index is 1520. The summed E-state index contributed by atoms with van der Waals surface area (Å²) in [5.74, 6) is 1.44. The number of amidine groups is 2. The van der Waals surface area contributed by atoms with Crippen molar-refractivity contribution in [2.75, 3.05) is 13.2 Å². The van der Waals surface area contributed by atoms with Crippen LogP contribution in [-0.4, -0.2) is 40.2 Å². The molecule has 2 aliphatic rings. The molecule has 0 fully saturated rings. The Kier molecular flexibility index (Phi) is 7.65. The third kappa shape index (κ3) is 5.96. The fourth-order valence-corrected chi connectivity index (χ4v) is 5.12. The number of nitrogens with one attached hydrogen (secondary N) is 1. The zero-order valence-corrected chi connectivity index (χ0v) is 23.2. The van der Waals surface area contributed by atoms with Crippen LogP contribution in [0.3, 0.4) is 0 Å². The average Bonchev–Trinajstić information content (AvgIpc) is 3.34. The van der Waals surface area contributed by atoms with Crippen LogP contribution >= 0.6 is 11.8 Å². The molecule has 3 aromatic carbocycles. The Morgan fingerprint density at radius 1 is 0.974 bits per heavy atom. The molecule has 0 radical (unpaired) electrons. The highest BCUT2D eigenvalue weighted by molar-refractivity contribution is 8.27. The van der Waals surface area contributed by atoms with Crippen LogP contribution in [0.1, 0.15) is 47.6 Å². The van der Waals surface area contributed by atoms with Gasteiger partial charge in [-0.05, 0) is 72.5 Å². The van der Waals surface area contributed by atoms with Crippen molar-refractivity contribution in [3.8, 4) is 11.5 Å². The van der Waals surface area contributed by atoms with Crippen molar-refractivity contribution in [2.45, 2.75) is 33.6 Å². The van der Waals surface area contributed by atoms with E-state index in [0.717, 1.165) is 28.0 Å². The van der Waals surface area contributed by atoms with Gasteiger partial charge in [0.15, 0.2) is 5.84 Å². The van der Waals surface area contributed by atoms with Gasteiger partial charge in [-0.1, -0.05) is 67.9 Å². The van der Waals surface area contributed by atoms with E-state index in [1.807, 2.05) is 62.4 Å². The van der Waals surface area contributed by atoms with Crippen molar-refractivity contribution in [1.29, 1.82) is 5.41 Å². The fraction of sp³-hybridized carbons (Fsp3) is 0.226. The maximum Gasteiger partial charge on any atom is 0.283 e. The lowest BCUT2D eigenvalue weighted by molar-refractivity contribution is -0.114. The normalized spacial score (nSPS) is 15.9. The monoisotopic (exact) mass is 538 g/mol. The Balaban J connectivity index is 1.25. The lowest BCUT2D eigenvalue weighted by Gasteiger charge is -2.20. The first-order chi connectivity index (χ1) is 18.8. The molecule has 2 aliphatic heterocycles. The maximum atomic E-state index is 12.8. The summed E-state index contributed by atoms with van der Waals surface area (Å²) in [7, 11) is 0. The molecule has 7 nitrogen and oxygen atoms in total. The first-order valence-electron chi connectivity index (χ1n) is 12.8. The quantitative estimate of drug-likeness (QED) is 0.260. The van der Waals surface area contributed by atoms with Gasteiger partial charge >= 0.3 is 0 Å². The molecule has 1 N–H and O–H groups in total. The highest BCUT2D eigenvalue weighted by Crippen LogP contribution is 2.31. The molecule has 39 heavy (non-hydrogen) atoms. The summed E-state index contributed by atoms with van der Waals surface area (Å²) < 4.78 is 11.9. The molecule has 0 unspecified atom stereocenters. The number of hydrogen-bond donors (Lipinski definition) is 1. The smallest absolute Gasteiger partial charge is 0.283 e. The second-order valence-corrected chi connectivity index (χ2v) is 10.7. The van der Waals surface area contributed by atoms with Crippen molar-refractivity contribution in [3.63, 3.8) is 0 Å². The van der Waals surface area contributed by atoms with E-state index in [4.69, 9.17) is 14.9 Å². The molecule has 3 aromatic rings. The standard InChI is InChI=1S/C31H30N4O3S/c1-19(2)25-13-10-21(4)16-27(25)38-15-14-37-24-7-5-6-22(17-24)18-26-28(32)35-31(33-29(26)36)39-30(34-35)23-11-8-20(3)9-12-23/h5-13,16-19,32H,14-15H2,1-4H3. The zero-order chi connectivity index (χ0) is 27.5. The number of carbonyl (C=O) groups excluding carboxylic acids is 1. The van der Waals surface area contributed by atoms with Crippen LogP contribution in [0.4, 0.5) is 0 Å². The van der Waals surface area contributed by atoms with E-state index in [2.05, 4.69) is 42.1 Å². The molecule has 0 bridgehead atoms. The van der Waals surface area contributed by atoms with Crippen LogP contribution < -0.4 is 9.47 Å². The van der Waals surface area contributed by atoms with Crippen molar-refractivity contribution in [2.24, 2.45) is 10.1 Å². The Morgan fingerprint density at radius 3 is 2.49 bits per heavy atom. The summed E-state index contributed by atoms with van der Waals surface area (Å²) in [5, 5.41) is 15.7. The molecule has 0 atom stereocenters. The van der Waals surface area contributed by atoms with Crippen LogP contribution in [0.25, 0.3) is 6.08 Å². The van der Waals surface area contributed by atoms with Crippen molar-refractivity contribution < 1.29 is 14.3 Å². The summed E-state index contributed by atoms with van der Waals surface area (Å²) in [6.45, 7) is 9.14. The minimum atomic E-state index is -0.460. The van der Waals surface area contributed by atoms with Crippen LogP contribution in [0.5, 0.6) is 11.5 Å². The minimum Gasteiger partial charge on any atom is -0.490 e. The highest BCUT2D eigenvalue weighted by atomic mass is 32.2. The van der Waals surface area contributed by atoms with Gasteiger partial charge in [0.05, 0.1) is 5.57 Å². The molecule has 0 spiro atoms. The fourth-order valence-electron chi connectivity index (χ4n) is 4.22. The summed E-state index contributed by atoms with van der Waals surface area (Å²) in [6, 6.07) is 21.6. The number of thioether (sulfide) groups is 1. The second-order valence-electron chi connectivity index (χ2n) is 9.76. The lowest BCUT2D eigenvalue weighted by Crippen LogP contribution is -2.35. The van der Waals surface area contributed by atoms with Crippen LogP contribution in [-0.2, 0) is 4.79 Å². The number of aliphatic imine (C=N–C) groups is 1. The Labute approximate surface area is 232 Å². The number of aryl methyl sites for hydroxylation is 2. The molecule has 0 saturated heterocycles. The van der Waals surface area contributed by atoms with Gasteiger partial charge in [0.1, 0.15) is 29.8 Å². The van der Waals surface area contributed by atoms with E-state index < -0.39 is 5.91 Å². The highest BCUT2D eigenvalue weighted by Gasteiger charge is 2.36. The SMILES string of the molecule is Cc1ccc(C2=NN3C(=N)C(=Cc4cccc(OCCOc5cc(C)ccc5C(C)C)c4)C(=O)N=C3S2)cc1. The van der Waals surface area contributed by atoms with E-state index in [9.17, 15) is 4.79 Å². The molecular formula is C31H30N4O3S. The predicted octanol–water partition coefficient (Wildman–Crippen LogP) is 6.55. The number of amides is 1. The van der Waals surface area contributed by atoms with Gasteiger partial charge in [0, 0.05) is 5.56 Å². The van der Waals surface area contributed by atoms with Gasteiger partial charge in [0.2, 0.25) is 5.17 Å². The number of carbonyl (C=O) groups is 1. The predicted molar refractivity (Wildman–Crippen MR) is 158 cm³/mol. The van der Waals surface area contributed by atoms with Gasteiger partial charge in [-0.25, -0.2) is 0 Å². The first-order valence-corrected chi connectivity index (χ1v) is 13.6. The third-order valence-electron chi connectivity index (χ3n) is 6.32. The lowest BCUT2D eigenvalue weighted by atomic mass is 10.0. The number of nitrogens with zero attached hydrogens (tertiary/aromatic N) is 3. The molecule has 0 aliphatic carbocycles. The van der Waals surface area contributed by atoms with Crippen molar-refractivity contribution >= 4 is 39.8 Å². The summed E-state index contributed by atoms with van der Waals surface area (Å²) in [5.41, 5.74) is 5.30. The molecule has 198 valence electrons. The molecule has 2 heterocycles. The Hall–Kier alpha value is -4.17. The molecule has 1 amide bonds. The molecular weight excluding hydrogens is 508 g/mol. The number of benzene rings is 3. The summed E-state index contributed by atoms with van der Waals surface area (Å²) in [4.78, 5) is 17.0. The second kappa shape index (κ2) is 11.3. The molecule has 0 saturated carbocycles. The van der Waals surface area contributed by atoms with Crippen molar-refractivity contribution in [3.05, 3.63) is 100 Å². The van der Waals surface area contributed by atoms with Crippen LogP contribution in [0.2, 0.25) is 0 Å². The van der Waals surface area contributed by atoms with Crippen LogP contribution in [0.15, 0.2) is 82.4 Å². The maximum absolute atomic E-state index is 12.8. The van der Waals surface area contributed by atoms with E-state index in [-0.39, 0.29) is 11.4 Å². The Morgan fingerprint density at radius 2 is 1.72 bits per heavy atom. The zero-order valence-electron chi connectivity index (χ0n) is 22.4. The van der Waals surface area contributed by atoms with Gasteiger partial charge in [-0.3, -0.25) is 10.2 Å². The average molecular weight is 539 g/mol. The molecule has 5 rings (SSSR count). The first kappa shape index (κ1) is 26.4. The van der Waals surface area contributed by atoms with Gasteiger partial charge in [-0.2, -0.15) is 15.1 Å². The number of ether oxygens (including phenoxy) is 2. The van der Waals surface area contributed by atoms with E-state index in [0.29, 0.717) is 35.1 Å². The van der Waals surface area contributed by atoms with Gasteiger partial charge in [-0.15, -0.1) is 0 Å². The number of rotatable bonds is 8. The van der Waals surface area contributed by atoms with Crippen LogP contribution in [0, 0.1) is 19.3 Å². The summed E-state index contributed by atoms with van der Waals surface area (Å²) in [6.07, 6.45) is 1.65. The largest absolute Gasteiger partial charge is 0.490 e. The third-order valence-corrected chi connectivity index (χ3v) is 7.28.